The minimum atomic E-state index is -4.56. The molecule has 0 amide bonds. The van der Waals surface area contributed by atoms with Crippen LogP contribution in [0.3, 0.4) is 0 Å². The van der Waals surface area contributed by atoms with E-state index in [9.17, 15) is 23.1 Å². The molecule has 0 radical (unpaired) electrons. The van der Waals surface area contributed by atoms with Crippen LogP contribution in [-0.2, 0) is 11.2 Å². The van der Waals surface area contributed by atoms with Crippen LogP contribution in [-0.4, -0.2) is 24.2 Å². The number of para-hydroxylation sites is 1. The zero-order chi connectivity index (χ0) is 19.3. The zero-order valence-corrected chi connectivity index (χ0v) is 11.8. The van der Waals surface area contributed by atoms with E-state index in [1.54, 1.807) is 6.07 Å². The Labute approximate surface area is 135 Å². The number of hydrogen-bond acceptors (Lipinski definition) is 2. The summed E-state index contributed by atoms with van der Waals surface area (Å²) in [4.78, 5) is 12.8. The van der Waals surface area contributed by atoms with Crippen LogP contribution < -0.4 is 4.90 Å². The highest BCUT2D eigenvalue weighted by molar-refractivity contribution is 5.91. The van der Waals surface area contributed by atoms with Crippen molar-refractivity contribution in [2.24, 2.45) is 0 Å². The van der Waals surface area contributed by atoms with Gasteiger partial charge in [0.2, 0.25) is 0 Å². The molecular formula is C17H14F3NO2. The van der Waals surface area contributed by atoms with Crippen molar-refractivity contribution in [2.75, 3.05) is 11.9 Å². The van der Waals surface area contributed by atoms with E-state index in [0.717, 1.165) is 4.90 Å². The van der Waals surface area contributed by atoms with Crippen molar-refractivity contribution in [1.82, 2.24) is 0 Å². The predicted molar refractivity (Wildman–Crippen MR) is 80.2 cm³/mol. The van der Waals surface area contributed by atoms with Gasteiger partial charge in [0.05, 0.1) is 6.42 Å². The molecule has 1 atom stereocenters. The Balaban J connectivity index is 2.34. The Morgan fingerprint density at radius 1 is 1.22 bits per heavy atom. The van der Waals surface area contributed by atoms with E-state index in [0.29, 0.717) is 0 Å². The van der Waals surface area contributed by atoms with Crippen molar-refractivity contribution in [3.63, 3.8) is 0 Å². The van der Waals surface area contributed by atoms with Gasteiger partial charge in [0, 0.05) is 22.5 Å². The molecule has 3 rings (SSSR count). The summed E-state index contributed by atoms with van der Waals surface area (Å²) in [6, 6.07) is 9.81. The number of halogens is 3. The second-order valence-electron chi connectivity index (χ2n) is 5.31. The first-order valence-corrected chi connectivity index (χ1v) is 6.81. The fourth-order valence-corrected chi connectivity index (χ4v) is 2.97. The molecule has 0 spiro atoms. The molecule has 2 aromatic carbocycles. The summed E-state index contributed by atoms with van der Waals surface area (Å²) in [5.74, 6) is -2.71. The van der Waals surface area contributed by atoms with E-state index in [2.05, 4.69) is 0 Å². The van der Waals surface area contributed by atoms with Crippen molar-refractivity contribution < 1.29 is 27.2 Å². The number of carboxylic acid groups (broad SMARTS) is 1. The first-order valence-electron chi connectivity index (χ1n) is 8.31. The van der Waals surface area contributed by atoms with Gasteiger partial charge in [0.25, 0.3) is 0 Å². The number of anilines is 2. The Morgan fingerprint density at radius 3 is 2.57 bits per heavy atom. The molecule has 0 aliphatic carbocycles. The molecule has 6 heteroatoms. The summed E-state index contributed by atoms with van der Waals surface area (Å²) in [6.07, 6.45) is -5.89. The van der Waals surface area contributed by atoms with Gasteiger partial charge in [-0.15, -0.1) is 0 Å². The van der Waals surface area contributed by atoms with Crippen molar-refractivity contribution in [1.29, 1.82) is 0 Å². The van der Waals surface area contributed by atoms with Crippen LogP contribution in [0.5, 0.6) is 0 Å². The van der Waals surface area contributed by atoms with Crippen molar-refractivity contribution in [2.45, 2.75) is 18.5 Å². The van der Waals surface area contributed by atoms with E-state index < -0.39 is 31.5 Å². The summed E-state index contributed by atoms with van der Waals surface area (Å²) in [5, 5.41) is 9.70. The Morgan fingerprint density at radius 2 is 1.91 bits per heavy atom. The molecule has 0 fully saturated rings. The quantitative estimate of drug-likeness (QED) is 0.904. The summed E-state index contributed by atoms with van der Waals surface area (Å²) in [6.45, 7) is -2.69. The average Bonchev–Trinajstić information content (AvgIpc) is 2.49. The first kappa shape index (κ1) is 12.0. The predicted octanol–water partition coefficient (Wildman–Crippen LogP) is 4.09. The molecule has 23 heavy (non-hydrogen) atoms. The van der Waals surface area contributed by atoms with Crippen LogP contribution in [0.1, 0.15) is 26.7 Å². The first-order chi connectivity index (χ1) is 12.0. The van der Waals surface area contributed by atoms with E-state index in [-0.39, 0.29) is 28.1 Å². The van der Waals surface area contributed by atoms with Gasteiger partial charge in [-0.05, 0) is 28.8 Å². The van der Waals surface area contributed by atoms with Gasteiger partial charge in [0.15, 0.2) is 0 Å². The van der Waals surface area contributed by atoms with Crippen LogP contribution in [0.25, 0.3) is 0 Å². The summed E-state index contributed by atoms with van der Waals surface area (Å²) < 4.78 is 62.4. The third-order valence-electron chi connectivity index (χ3n) is 3.83. The summed E-state index contributed by atoms with van der Waals surface area (Å²) >= 11 is 0. The minimum Gasteiger partial charge on any atom is -0.481 e. The van der Waals surface area contributed by atoms with Gasteiger partial charge in [-0.1, -0.05) is 30.3 Å². The second-order valence-corrected chi connectivity index (χ2v) is 5.31. The van der Waals surface area contributed by atoms with Crippen molar-refractivity contribution in [3.8, 4) is 0 Å². The van der Waals surface area contributed by atoms with E-state index in [4.69, 9.17) is 4.11 Å². The minimum absolute atomic E-state index is 0.0437. The standard InChI is InChI=1S/C17H14F3NO2/c1-21-12-7-3-2-6-11(12)15(16(22)23)14-10(9-17(18,19)20)5-4-8-13(14)21/h2-8,15H,9H2,1H3,(H,22,23)/i1D3. The Bertz CT molecular complexity index is 865. The highest BCUT2D eigenvalue weighted by Crippen LogP contribution is 2.46. The number of carbonyl (C=O) groups is 1. The van der Waals surface area contributed by atoms with Crippen LogP contribution >= 0.6 is 0 Å². The molecule has 1 heterocycles. The van der Waals surface area contributed by atoms with E-state index in [1.807, 2.05) is 0 Å². The van der Waals surface area contributed by atoms with Crippen LogP contribution in [0.4, 0.5) is 24.5 Å². The molecule has 1 aliphatic heterocycles. The highest BCUT2D eigenvalue weighted by Gasteiger charge is 2.38. The largest absolute Gasteiger partial charge is 0.481 e. The van der Waals surface area contributed by atoms with Crippen LogP contribution in [0.15, 0.2) is 42.5 Å². The summed E-state index contributed by atoms with van der Waals surface area (Å²) in [5.41, 5.74) is -0.119. The van der Waals surface area contributed by atoms with E-state index >= 15 is 0 Å². The molecule has 3 nitrogen and oxygen atoms in total. The number of carboxylic acids is 1. The average molecular weight is 324 g/mol. The second kappa shape index (κ2) is 5.30. The number of aliphatic carboxylic acids is 1. The lowest BCUT2D eigenvalue weighted by Gasteiger charge is -2.35. The van der Waals surface area contributed by atoms with E-state index in [1.165, 1.54) is 36.4 Å². The SMILES string of the molecule is [2H]C([2H])([2H])N1c2ccccc2C(C(=O)O)c2c(CC(F)(F)F)cccc21. The molecule has 0 saturated heterocycles. The fraction of sp³-hybridized carbons (Fsp3) is 0.235. The molecular weight excluding hydrogens is 307 g/mol. The third kappa shape index (κ3) is 2.65. The van der Waals surface area contributed by atoms with Crippen molar-refractivity contribution >= 4 is 17.3 Å². The third-order valence-corrected chi connectivity index (χ3v) is 3.83. The van der Waals surface area contributed by atoms with Gasteiger partial charge >= 0.3 is 12.1 Å². The number of fused-ring (bicyclic) bond motifs is 2. The highest BCUT2D eigenvalue weighted by atomic mass is 19.4. The monoisotopic (exact) mass is 324 g/mol. The Hall–Kier alpha value is -2.50. The normalized spacial score (nSPS) is 19.2. The zero-order valence-electron chi connectivity index (χ0n) is 14.8. The molecule has 1 N–H and O–H groups in total. The Kier molecular flexibility index (Phi) is 2.76. The number of benzene rings is 2. The van der Waals surface area contributed by atoms with Crippen LogP contribution in [0.2, 0.25) is 0 Å². The fourth-order valence-electron chi connectivity index (χ4n) is 2.97. The maximum absolute atomic E-state index is 13.0. The topological polar surface area (TPSA) is 40.5 Å². The lowest BCUT2D eigenvalue weighted by molar-refractivity contribution is -0.138. The maximum Gasteiger partial charge on any atom is 0.393 e. The molecule has 1 aliphatic rings. The lowest BCUT2D eigenvalue weighted by Crippen LogP contribution is -2.28. The van der Waals surface area contributed by atoms with Gasteiger partial charge in [-0.2, -0.15) is 13.2 Å². The molecule has 0 bridgehead atoms. The number of alkyl halides is 3. The number of hydrogen-bond donors (Lipinski definition) is 1. The molecule has 120 valence electrons. The van der Waals surface area contributed by atoms with Gasteiger partial charge < -0.3 is 10.0 Å². The van der Waals surface area contributed by atoms with Gasteiger partial charge in [0.1, 0.15) is 5.92 Å². The molecule has 2 aromatic rings. The number of nitrogens with zero attached hydrogens (tertiary/aromatic N) is 1. The lowest BCUT2D eigenvalue weighted by atomic mass is 9.81. The van der Waals surface area contributed by atoms with Crippen LogP contribution in [0, 0.1) is 0 Å². The maximum atomic E-state index is 13.0. The molecule has 1 unspecified atom stereocenters. The molecule has 0 aromatic heterocycles. The van der Waals surface area contributed by atoms with Gasteiger partial charge in [-0.3, -0.25) is 4.79 Å². The van der Waals surface area contributed by atoms with Crippen molar-refractivity contribution in [3.05, 3.63) is 59.2 Å². The van der Waals surface area contributed by atoms with Gasteiger partial charge in [-0.25, -0.2) is 0 Å². The summed E-state index contributed by atoms with van der Waals surface area (Å²) in [7, 11) is 0. The smallest absolute Gasteiger partial charge is 0.393 e. The number of rotatable bonds is 2. The molecule has 0 saturated carbocycles.